The van der Waals surface area contributed by atoms with Gasteiger partial charge in [-0.15, -0.1) is 12.6 Å². The van der Waals surface area contributed by atoms with E-state index >= 15 is 0 Å². The predicted molar refractivity (Wildman–Crippen MR) is 190 cm³/mol. The van der Waals surface area contributed by atoms with Crippen molar-refractivity contribution in [2.24, 2.45) is 0 Å². The predicted octanol–water partition coefficient (Wildman–Crippen LogP) is 12.1. The van der Waals surface area contributed by atoms with E-state index in [4.69, 9.17) is 22.0 Å². The smallest absolute Gasteiger partial charge is 0.325 e. The lowest BCUT2D eigenvalue weighted by Gasteiger charge is -2.05. The number of thiol groups is 1. The molecule has 41 heavy (non-hydrogen) atoms. The summed E-state index contributed by atoms with van der Waals surface area (Å²) in [7, 11) is -3.77. The van der Waals surface area contributed by atoms with Crippen molar-refractivity contribution in [3.8, 4) is 0 Å². The molecule has 0 heterocycles. The van der Waals surface area contributed by atoms with Gasteiger partial charge in [0.25, 0.3) is 0 Å². The minimum absolute atomic E-state index is 0.0585. The zero-order chi connectivity index (χ0) is 30.1. The Morgan fingerprint density at radius 3 is 0.829 bits per heavy atom. The van der Waals surface area contributed by atoms with Gasteiger partial charge in [-0.3, -0.25) is 4.57 Å². The van der Waals surface area contributed by atoms with Crippen molar-refractivity contribution in [3.05, 3.63) is 0 Å². The lowest BCUT2D eigenvalue weighted by Crippen LogP contribution is -2.17. The molecule has 0 rings (SSSR count). The van der Waals surface area contributed by atoms with Crippen LogP contribution >= 0.6 is 32.4 Å². The van der Waals surface area contributed by atoms with Gasteiger partial charge in [0.1, 0.15) is 4.32 Å². The van der Waals surface area contributed by atoms with Crippen LogP contribution in [0.5, 0.6) is 0 Å². The lowest BCUT2D eigenvalue weighted by molar-refractivity contribution is 0.370. The maximum Gasteiger partial charge on any atom is 0.325 e. The molecule has 0 amide bonds. The first-order chi connectivity index (χ1) is 19.9. The summed E-state index contributed by atoms with van der Waals surface area (Å²) in [5.41, 5.74) is 0. The first kappa shape index (κ1) is 41.4. The molecule has 246 valence electrons. The molecule has 0 fully saturated rings. The molecule has 0 saturated heterocycles. The van der Waals surface area contributed by atoms with E-state index in [1.807, 2.05) is 0 Å². The highest BCUT2D eigenvalue weighted by Gasteiger charge is 2.10. The third kappa shape index (κ3) is 40.4. The first-order valence-electron chi connectivity index (χ1n) is 17.9. The molecular formula is C34H70NO3PS2. The van der Waals surface area contributed by atoms with Crippen molar-refractivity contribution in [1.29, 1.82) is 0 Å². The highest BCUT2D eigenvalue weighted by atomic mass is 32.1. The molecule has 4 nitrogen and oxygen atoms in total. The normalized spacial score (nSPS) is 11.8. The first-order valence-corrected chi connectivity index (χ1v) is 20.6. The van der Waals surface area contributed by atoms with Crippen molar-refractivity contribution < 1.29 is 14.4 Å². The molecule has 0 spiro atoms. The van der Waals surface area contributed by atoms with E-state index in [1.165, 1.54) is 180 Å². The number of rotatable bonds is 34. The fourth-order valence-electron chi connectivity index (χ4n) is 5.76. The Hall–Kier alpha value is 0.390. The van der Waals surface area contributed by atoms with Crippen molar-refractivity contribution >= 4 is 36.8 Å². The molecule has 0 atom stereocenters. The van der Waals surface area contributed by atoms with Gasteiger partial charge in [-0.2, -0.15) is 0 Å². The standard InChI is InChI=1S/C34H70NO3PS2/c36-39(37,38)33-31-29-27-25-23-21-19-17-15-13-11-9-7-5-3-1-2-4-6-8-10-12-14-16-18-20-22-24-26-28-30-32-35-34(40)41/h1-33H2,(H2,35,40,41)(H2,36,37,38). The van der Waals surface area contributed by atoms with Gasteiger partial charge in [0.2, 0.25) is 0 Å². The van der Waals surface area contributed by atoms with Gasteiger partial charge in [0.15, 0.2) is 0 Å². The van der Waals surface area contributed by atoms with Crippen molar-refractivity contribution in [1.82, 2.24) is 5.32 Å². The molecular weight excluding hydrogens is 565 g/mol. The second-order valence-electron chi connectivity index (χ2n) is 12.6. The Morgan fingerprint density at radius 1 is 0.439 bits per heavy atom. The van der Waals surface area contributed by atoms with Crippen LogP contribution in [0.3, 0.4) is 0 Å². The fourth-order valence-corrected chi connectivity index (χ4v) is 6.61. The molecule has 0 unspecified atom stereocenters. The van der Waals surface area contributed by atoms with Gasteiger partial charge in [-0.1, -0.05) is 198 Å². The monoisotopic (exact) mass is 635 g/mol. The third-order valence-corrected chi connectivity index (χ3v) is 9.60. The van der Waals surface area contributed by atoms with Gasteiger partial charge in [0.05, 0.1) is 0 Å². The van der Waals surface area contributed by atoms with Crippen LogP contribution in [-0.2, 0) is 4.57 Å². The third-order valence-electron chi connectivity index (χ3n) is 8.40. The summed E-state index contributed by atoms with van der Waals surface area (Å²) < 4.78 is 11.4. The van der Waals surface area contributed by atoms with E-state index < -0.39 is 7.60 Å². The number of hydrogen-bond donors (Lipinski definition) is 4. The van der Waals surface area contributed by atoms with Crippen molar-refractivity contribution in [3.63, 3.8) is 0 Å². The quantitative estimate of drug-likeness (QED) is 0.0245. The Morgan fingerprint density at radius 2 is 0.634 bits per heavy atom. The van der Waals surface area contributed by atoms with E-state index in [2.05, 4.69) is 17.9 Å². The Bertz CT molecular complexity index is 588. The molecule has 0 aromatic carbocycles. The van der Waals surface area contributed by atoms with E-state index in [0.29, 0.717) is 10.7 Å². The molecule has 0 aromatic rings. The molecule has 0 aliphatic carbocycles. The Kier molecular flexibility index (Phi) is 33.6. The van der Waals surface area contributed by atoms with Crippen molar-refractivity contribution in [2.45, 2.75) is 199 Å². The minimum atomic E-state index is -3.77. The van der Waals surface area contributed by atoms with Crippen LogP contribution in [0.15, 0.2) is 0 Å². The van der Waals surface area contributed by atoms with Crippen LogP contribution in [0, 0.1) is 0 Å². The SMILES string of the molecule is O=P(O)(O)CCCCCCCCCCCCCCCCCCCCCCCCCCCCCCCCCNC(=S)S. The van der Waals surface area contributed by atoms with E-state index in [9.17, 15) is 4.57 Å². The summed E-state index contributed by atoms with van der Waals surface area (Å²) in [6.07, 6.45) is 42.0. The average Bonchev–Trinajstić information content (AvgIpc) is 2.92. The van der Waals surface area contributed by atoms with Gasteiger partial charge >= 0.3 is 7.60 Å². The highest BCUT2D eigenvalue weighted by molar-refractivity contribution is 8.11. The highest BCUT2D eigenvalue weighted by Crippen LogP contribution is 2.35. The fraction of sp³-hybridized carbons (Fsp3) is 0.971. The molecule has 0 radical (unpaired) electrons. The van der Waals surface area contributed by atoms with Crippen LogP contribution in [0.1, 0.15) is 199 Å². The second kappa shape index (κ2) is 33.3. The van der Waals surface area contributed by atoms with Crippen LogP contribution in [0.4, 0.5) is 0 Å². The summed E-state index contributed by atoms with van der Waals surface area (Å²) in [6, 6.07) is 0. The Labute approximate surface area is 267 Å². The Balaban J connectivity index is 3.06. The summed E-state index contributed by atoms with van der Waals surface area (Å²) in [5.74, 6) is 0. The maximum atomic E-state index is 10.8. The number of hydrogen-bond acceptors (Lipinski definition) is 2. The molecule has 0 aliphatic rings. The minimum Gasteiger partial charge on any atom is -0.371 e. The van der Waals surface area contributed by atoms with Gasteiger partial charge in [-0.25, -0.2) is 0 Å². The molecule has 0 saturated carbocycles. The van der Waals surface area contributed by atoms with E-state index in [-0.39, 0.29) is 6.16 Å². The van der Waals surface area contributed by atoms with Crippen LogP contribution in [0.25, 0.3) is 0 Å². The topological polar surface area (TPSA) is 69.6 Å². The zero-order valence-corrected chi connectivity index (χ0v) is 29.5. The zero-order valence-electron chi connectivity index (χ0n) is 26.9. The maximum absolute atomic E-state index is 10.8. The van der Waals surface area contributed by atoms with Crippen molar-refractivity contribution in [2.75, 3.05) is 12.7 Å². The second-order valence-corrected chi connectivity index (χ2v) is 15.5. The van der Waals surface area contributed by atoms with Gasteiger partial charge in [0, 0.05) is 12.7 Å². The van der Waals surface area contributed by atoms with Crippen LogP contribution in [-0.4, -0.2) is 26.8 Å². The lowest BCUT2D eigenvalue weighted by atomic mass is 10.0. The molecule has 0 bridgehead atoms. The summed E-state index contributed by atoms with van der Waals surface area (Å²) in [4.78, 5) is 17.7. The summed E-state index contributed by atoms with van der Waals surface area (Å²) in [5, 5.41) is 3.11. The molecule has 0 aliphatic heterocycles. The molecule has 3 N–H and O–H groups in total. The average molecular weight is 636 g/mol. The molecule has 0 aromatic heterocycles. The van der Waals surface area contributed by atoms with Crippen LogP contribution < -0.4 is 5.32 Å². The largest absolute Gasteiger partial charge is 0.371 e. The van der Waals surface area contributed by atoms with E-state index in [1.54, 1.807) is 0 Å². The van der Waals surface area contributed by atoms with E-state index in [0.717, 1.165) is 19.4 Å². The number of unbranched alkanes of at least 4 members (excludes halogenated alkanes) is 30. The van der Waals surface area contributed by atoms with Gasteiger partial charge in [-0.05, 0) is 12.8 Å². The number of nitrogens with one attached hydrogen (secondary N) is 1. The van der Waals surface area contributed by atoms with Gasteiger partial charge < -0.3 is 15.1 Å². The van der Waals surface area contributed by atoms with Crippen LogP contribution in [0.2, 0.25) is 0 Å². The number of thiocarbonyl (C=S) groups is 1. The molecule has 7 heteroatoms. The summed E-state index contributed by atoms with van der Waals surface area (Å²) >= 11 is 8.98. The summed E-state index contributed by atoms with van der Waals surface area (Å²) in [6.45, 7) is 0.977.